The Kier molecular flexibility index (Phi) is 63.8. The van der Waals surface area contributed by atoms with Crippen molar-refractivity contribution in [1.82, 2.24) is 0 Å². The zero-order valence-corrected chi connectivity index (χ0v) is 52.3. The summed E-state index contributed by atoms with van der Waals surface area (Å²) in [5.74, 6) is -0.918. The number of hydrogen-bond donors (Lipinski definition) is 0. The van der Waals surface area contributed by atoms with Gasteiger partial charge in [-0.05, 0) is 135 Å². The molecule has 0 aromatic heterocycles. The zero-order valence-electron chi connectivity index (χ0n) is 52.3. The molecule has 0 spiro atoms. The first-order chi connectivity index (χ1) is 39.5. The van der Waals surface area contributed by atoms with Crippen molar-refractivity contribution in [3.05, 3.63) is 122 Å². The summed E-state index contributed by atoms with van der Waals surface area (Å²) in [5.41, 5.74) is 0. The normalized spacial score (nSPS) is 12.9. The van der Waals surface area contributed by atoms with Crippen LogP contribution in [0.25, 0.3) is 0 Å². The van der Waals surface area contributed by atoms with Crippen LogP contribution in [-0.2, 0) is 28.6 Å². The lowest BCUT2D eigenvalue weighted by Gasteiger charge is -2.18. The molecule has 0 aromatic rings. The van der Waals surface area contributed by atoms with Crippen LogP contribution in [0.5, 0.6) is 0 Å². The maximum absolute atomic E-state index is 12.9. The third-order valence-electron chi connectivity index (χ3n) is 14.2. The highest BCUT2D eigenvalue weighted by molar-refractivity contribution is 5.71. The van der Waals surface area contributed by atoms with Crippen LogP contribution < -0.4 is 0 Å². The van der Waals surface area contributed by atoms with Crippen molar-refractivity contribution in [2.24, 2.45) is 0 Å². The van der Waals surface area contributed by atoms with Gasteiger partial charge in [0.1, 0.15) is 13.2 Å². The van der Waals surface area contributed by atoms with Gasteiger partial charge in [0.25, 0.3) is 0 Å². The van der Waals surface area contributed by atoms with Crippen LogP contribution >= 0.6 is 0 Å². The lowest BCUT2D eigenvalue weighted by molar-refractivity contribution is -0.167. The van der Waals surface area contributed by atoms with E-state index in [1.807, 2.05) is 0 Å². The smallest absolute Gasteiger partial charge is 0.306 e. The third kappa shape index (κ3) is 64.6. The summed E-state index contributed by atoms with van der Waals surface area (Å²) >= 11 is 0. The van der Waals surface area contributed by atoms with Gasteiger partial charge in [-0.1, -0.05) is 277 Å². The minimum atomic E-state index is -0.799. The van der Waals surface area contributed by atoms with Crippen LogP contribution in [0.15, 0.2) is 122 Å². The van der Waals surface area contributed by atoms with E-state index in [0.717, 1.165) is 148 Å². The zero-order chi connectivity index (χ0) is 57.8. The van der Waals surface area contributed by atoms with Gasteiger partial charge in [0.05, 0.1) is 0 Å². The van der Waals surface area contributed by atoms with Crippen LogP contribution in [0.1, 0.15) is 310 Å². The molecular weight excluding hydrogens is 985 g/mol. The number of unbranched alkanes of at least 4 members (excludes halogenated alkanes) is 29. The quantitative estimate of drug-likeness (QED) is 0.0261. The summed E-state index contributed by atoms with van der Waals surface area (Å²) in [4.78, 5) is 38.4. The number of hydrogen-bond acceptors (Lipinski definition) is 6. The van der Waals surface area contributed by atoms with Gasteiger partial charge >= 0.3 is 17.9 Å². The van der Waals surface area contributed by atoms with E-state index in [4.69, 9.17) is 14.2 Å². The van der Waals surface area contributed by atoms with Crippen molar-refractivity contribution in [2.75, 3.05) is 13.2 Å². The summed E-state index contributed by atoms with van der Waals surface area (Å²) in [5, 5.41) is 0. The second kappa shape index (κ2) is 67.3. The van der Waals surface area contributed by atoms with Gasteiger partial charge < -0.3 is 14.2 Å². The van der Waals surface area contributed by atoms with Crippen LogP contribution in [0.3, 0.4) is 0 Å². The first kappa shape index (κ1) is 75.8. The van der Waals surface area contributed by atoms with Gasteiger partial charge in [0.2, 0.25) is 0 Å². The lowest BCUT2D eigenvalue weighted by Crippen LogP contribution is -2.30. The topological polar surface area (TPSA) is 78.9 Å². The predicted molar refractivity (Wildman–Crippen MR) is 348 cm³/mol. The van der Waals surface area contributed by atoms with Gasteiger partial charge in [-0.2, -0.15) is 0 Å². The average Bonchev–Trinajstić information content (AvgIpc) is 3.46. The monoisotopic (exact) mass is 1110 g/mol. The largest absolute Gasteiger partial charge is 0.462 e. The Labute approximate surface area is 494 Å². The predicted octanol–water partition coefficient (Wildman–Crippen LogP) is 23.2. The fraction of sp³-hybridized carbons (Fsp3) is 0.689. The molecule has 0 aliphatic carbocycles. The van der Waals surface area contributed by atoms with Gasteiger partial charge in [0, 0.05) is 19.3 Å². The molecule has 6 nitrogen and oxygen atoms in total. The first-order valence-electron chi connectivity index (χ1n) is 33.5. The number of rotatable bonds is 60. The molecule has 80 heavy (non-hydrogen) atoms. The fourth-order valence-electron chi connectivity index (χ4n) is 9.15. The van der Waals surface area contributed by atoms with E-state index in [-0.39, 0.29) is 31.1 Å². The van der Waals surface area contributed by atoms with Gasteiger partial charge in [-0.3, -0.25) is 14.4 Å². The molecule has 0 rings (SSSR count). The molecule has 0 amide bonds. The molecule has 0 fully saturated rings. The minimum Gasteiger partial charge on any atom is -0.462 e. The van der Waals surface area contributed by atoms with E-state index in [1.54, 1.807) is 0 Å². The van der Waals surface area contributed by atoms with Crippen molar-refractivity contribution < 1.29 is 28.6 Å². The molecule has 456 valence electrons. The molecule has 0 N–H and O–H groups in total. The number of esters is 3. The van der Waals surface area contributed by atoms with E-state index < -0.39 is 6.10 Å². The van der Waals surface area contributed by atoms with E-state index >= 15 is 0 Å². The second-order valence-electron chi connectivity index (χ2n) is 22.0. The van der Waals surface area contributed by atoms with Crippen LogP contribution in [-0.4, -0.2) is 37.2 Å². The van der Waals surface area contributed by atoms with E-state index in [2.05, 4.69) is 142 Å². The maximum atomic E-state index is 12.9. The highest BCUT2D eigenvalue weighted by Gasteiger charge is 2.19. The van der Waals surface area contributed by atoms with E-state index in [0.29, 0.717) is 19.3 Å². The first-order valence-corrected chi connectivity index (χ1v) is 33.5. The molecule has 0 aliphatic rings. The average molecular weight is 1110 g/mol. The molecule has 6 heteroatoms. The van der Waals surface area contributed by atoms with Gasteiger partial charge in [-0.25, -0.2) is 0 Å². The molecule has 0 aromatic carbocycles. The Morgan fingerprint density at radius 2 is 0.487 bits per heavy atom. The molecule has 1 atom stereocenters. The fourth-order valence-corrected chi connectivity index (χ4v) is 9.15. The Bertz CT molecular complexity index is 1650. The van der Waals surface area contributed by atoms with Crippen molar-refractivity contribution in [3.8, 4) is 0 Å². The highest BCUT2D eigenvalue weighted by Crippen LogP contribution is 2.15. The van der Waals surface area contributed by atoms with E-state index in [1.165, 1.54) is 122 Å². The highest BCUT2D eigenvalue weighted by atomic mass is 16.6. The number of carbonyl (C=O) groups is 3. The van der Waals surface area contributed by atoms with Crippen LogP contribution in [0, 0.1) is 0 Å². The second-order valence-corrected chi connectivity index (χ2v) is 22.0. The SMILES string of the molecule is CC/C=C\C/C=C\C/C=C\C/C=C\C/C=C\CCCCCCCCCCCC(=O)OCC(COC(=O)CCCCCCC/C=C\C/C=C\CCCCCC)OC(=O)CCCCCCCC/C=C\C/C=C\C/C=C\CCCCCCC. The summed E-state index contributed by atoms with van der Waals surface area (Å²) in [6.07, 6.45) is 93.4. The van der Waals surface area contributed by atoms with Gasteiger partial charge in [-0.15, -0.1) is 0 Å². The molecule has 0 aliphatic heterocycles. The summed E-state index contributed by atoms with van der Waals surface area (Å²) < 4.78 is 16.9. The van der Waals surface area contributed by atoms with Crippen LogP contribution in [0.4, 0.5) is 0 Å². The number of allylic oxidation sites excluding steroid dienone is 20. The standard InChI is InChI=1S/C74H124O6/c1-4-7-10-13-16-19-22-25-28-31-33-35-36-37-38-40-41-43-46-49-52-55-58-61-64-67-73(76)79-70-71(69-78-72(75)66-63-60-57-54-51-48-45-30-27-24-21-18-15-12-9-6-3)80-74(77)68-65-62-59-56-53-50-47-44-42-39-34-32-29-26-23-20-17-14-11-8-5-2/h7,10,16,19,21,23-26,28,30,32-35,37-38,42,44-45,71H,4-6,8-9,11-15,17-18,20,22,27,29,31,36,39-41,43,46-70H2,1-3H3/b10-7-,19-16-,24-21-,26-23-,28-25-,34-32-,35-33-,38-37-,44-42-,45-30-. The third-order valence-corrected chi connectivity index (χ3v) is 14.2. The van der Waals surface area contributed by atoms with E-state index in [9.17, 15) is 14.4 Å². The van der Waals surface area contributed by atoms with Gasteiger partial charge in [0.15, 0.2) is 6.10 Å². The Hall–Kier alpha value is -4.19. The number of carbonyl (C=O) groups excluding carboxylic acids is 3. The van der Waals surface area contributed by atoms with Crippen molar-refractivity contribution in [3.63, 3.8) is 0 Å². The molecule has 0 heterocycles. The lowest BCUT2D eigenvalue weighted by atomic mass is 10.1. The molecule has 1 unspecified atom stereocenters. The molecule has 0 bridgehead atoms. The number of ether oxygens (including phenoxy) is 3. The summed E-state index contributed by atoms with van der Waals surface area (Å²) in [6, 6.07) is 0. The summed E-state index contributed by atoms with van der Waals surface area (Å²) in [6.45, 7) is 6.49. The Balaban J connectivity index is 4.43. The van der Waals surface area contributed by atoms with Crippen molar-refractivity contribution in [2.45, 2.75) is 316 Å². The molecule has 0 saturated heterocycles. The van der Waals surface area contributed by atoms with Crippen LogP contribution in [0.2, 0.25) is 0 Å². The Morgan fingerprint density at radius 1 is 0.263 bits per heavy atom. The minimum absolute atomic E-state index is 0.0932. The van der Waals surface area contributed by atoms with Crippen molar-refractivity contribution in [1.29, 1.82) is 0 Å². The Morgan fingerprint density at radius 3 is 0.775 bits per heavy atom. The molecular formula is C74H124O6. The summed E-state index contributed by atoms with van der Waals surface area (Å²) in [7, 11) is 0. The maximum Gasteiger partial charge on any atom is 0.306 e. The molecule has 0 saturated carbocycles. The van der Waals surface area contributed by atoms with Crippen molar-refractivity contribution >= 4 is 17.9 Å². The molecule has 0 radical (unpaired) electrons.